The number of aromatic nitrogens is 3. The first kappa shape index (κ1) is 5.50. The van der Waals surface area contributed by atoms with Crippen molar-refractivity contribution in [3.63, 3.8) is 0 Å². The number of aryl methyl sites for hydroxylation is 2. The fraction of sp³-hybridized carbons (Fsp3) is 0.500. The molecule has 0 aliphatic carbocycles. The molecule has 0 atom stereocenters. The van der Waals surface area contributed by atoms with Crippen molar-refractivity contribution in [1.29, 1.82) is 0 Å². The van der Waals surface area contributed by atoms with Gasteiger partial charge in [-0.05, 0) is 6.92 Å². The molecule has 1 heterocycles. The number of nitrogens with zero attached hydrogens (tertiary/aromatic N) is 2. The lowest BCUT2D eigenvalue weighted by molar-refractivity contribution is 0.707. The standard InChI is InChI=1S/C4H7N3S/c1-3-4(8)7(2)6-5-3/h6H,1-2H3. The topological polar surface area (TPSA) is 33.6 Å². The summed E-state index contributed by atoms with van der Waals surface area (Å²) in [5, 5.41) is 6.55. The zero-order valence-corrected chi connectivity index (χ0v) is 5.62. The summed E-state index contributed by atoms with van der Waals surface area (Å²) < 4.78 is 2.47. The van der Waals surface area contributed by atoms with Crippen molar-refractivity contribution in [3.8, 4) is 0 Å². The van der Waals surface area contributed by atoms with Gasteiger partial charge in [0, 0.05) is 7.05 Å². The van der Waals surface area contributed by atoms with Crippen molar-refractivity contribution in [1.82, 2.24) is 15.0 Å². The molecule has 0 aliphatic heterocycles. The van der Waals surface area contributed by atoms with Gasteiger partial charge in [-0.3, -0.25) is 4.68 Å². The number of hydrogen-bond donors (Lipinski definition) is 1. The highest BCUT2D eigenvalue weighted by Crippen LogP contribution is 1.90. The van der Waals surface area contributed by atoms with E-state index in [1.54, 1.807) is 4.68 Å². The first-order valence-corrected chi connectivity index (χ1v) is 2.70. The third kappa shape index (κ3) is 0.667. The van der Waals surface area contributed by atoms with E-state index in [1.807, 2.05) is 14.0 Å². The summed E-state index contributed by atoms with van der Waals surface area (Å²) in [5.41, 5.74) is 0.877. The van der Waals surface area contributed by atoms with E-state index in [9.17, 15) is 0 Å². The zero-order chi connectivity index (χ0) is 6.15. The first-order chi connectivity index (χ1) is 3.72. The summed E-state index contributed by atoms with van der Waals surface area (Å²) in [6.45, 7) is 1.87. The monoisotopic (exact) mass is 129 g/mol. The van der Waals surface area contributed by atoms with Crippen molar-refractivity contribution in [3.05, 3.63) is 10.3 Å². The van der Waals surface area contributed by atoms with Crippen LogP contribution >= 0.6 is 12.2 Å². The fourth-order valence-corrected chi connectivity index (χ4v) is 0.572. The molecule has 0 bridgehead atoms. The van der Waals surface area contributed by atoms with E-state index in [0.29, 0.717) is 0 Å². The Balaban J connectivity index is 3.42. The molecule has 1 rings (SSSR count). The number of H-pyrrole nitrogens is 1. The van der Waals surface area contributed by atoms with Gasteiger partial charge >= 0.3 is 0 Å². The highest BCUT2D eigenvalue weighted by molar-refractivity contribution is 7.71. The molecular formula is C4H7N3S. The highest BCUT2D eigenvalue weighted by Gasteiger charge is 1.90. The Hall–Kier alpha value is -0.640. The Morgan fingerprint density at radius 3 is 2.50 bits per heavy atom. The summed E-state index contributed by atoms with van der Waals surface area (Å²) >= 11 is 4.90. The molecule has 0 aliphatic rings. The highest BCUT2D eigenvalue weighted by atomic mass is 32.1. The summed E-state index contributed by atoms with van der Waals surface area (Å²) in [7, 11) is 1.84. The maximum Gasteiger partial charge on any atom is 0.144 e. The first-order valence-electron chi connectivity index (χ1n) is 2.30. The Kier molecular flexibility index (Phi) is 1.17. The molecule has 8 heavy (non-hydrogen) atoms. The van der Waals surface area contributed by atoms with Crippen LogP contribution < -0.4 is 0 Å². The van der Waals surface area contributed by atoms with Gasteiger partial charge in [0.15, 0.2) is 0 Å². The molecule has 3 nitrogen and oxygen atoms in total. The van der Waals surface area contributed by atoms with Crippen LogP contribution in [0.3, 0.4) is 0 Å². The maximum atomic E-state index is 4.90. The SMILES string of the molecule is Cc1n[nH]n(C)c1=S. The van der Waals surface area contributed by atoms with E-state index in [0.717, 1.165) is 10.3 Å². The molecule has 0 fully saturated rings. The van der Waals surface area contributed by atoms with Crippen LogP contribution in [-0.2, 0) is 7.05 Å². The Labute approximate surface area is 52.3 Å². The normalized spacial score (nSPS) is 9.75. The Morgan fingerprint density at radius 1 is 1.75 bits per heavy atom. The van der Waals surface area contributed by atoms with Gasteiger partial charge < -0.3 is 0 Å². The van der Waals surface area contributed by atoms with Crippen LogP contribution in [0.5, 0.6) is 0 Å². The van der Waals surface area contributed by atoms with E-state index < -0.39 is 0 Å². The van der Waals surface area contributed by atoms with Crippen molar-refractivity contribution in [2.45, 2.75) is 6.92 Å². The molecular weight excluding hydrogens is 122 g/mol. The largest absolute Gasteiger partial charge is 0.263 e. The van der Waals surface area contributed by atoms with Crippen LogP contribution in [0.15, 0.2) is 0 Å². The number of nitrogens with one attached hydrogen (secondary N) is 1. The molecule has 0 amide bonds. The van der Waals surface area contributed by atoms with Gasteiger partial charge in [-0.25, -0.2) is 5.21 Å². The van der Waals surface area contributed by atoms with Crippen LogP contribution in [0.4, 0.5) is 0 Å². The minimum atomic E-state index is 0.769. The molecule has 44 valence electrons. The molecule has 4 heteroatoms. The van der Waals surface area contributed by atoms with Crippen LogP contribution in [0, 0.1) is 11.6 Å². The van der Waals surface area contributed by atoms with Gasteiger partial charge in [0.05, 0.1) is 5.69 Å². The van der Waals surface area contributed by atoms with Gasteiger partial charge in [0.25, 0.3) is 0 Å². The van der Waals surface area contributed by atoms with Crippen molar-refractivity contribution >= 4 is 12.2 Å². The van der Waals surface area contributed by atoms with Gasteiger partial charge in [-0.2, -0.15) is 5.10 Å². The quantitative estimate of drug-likeness (QED) is 0.525. The summed E-state index contributed by atoms with van der Waals surface area (Å²) in [6, 6.07) is 0. The van der Waals surface area contributed by atoms with Gasteiger partial charge in [-0.1, -0.05) is 12.2 Å². The van der Waals surface area contributed by atoms with E-state index in [1.165, 1.54) is 0 Å². The van der Waals surface area contributed by atoms with Crippen LogP contribution in [0.25, 0.3) is 0 Å². The molecule has 0 saturated carbocycles. The van der Waals surface area contributed by atoms with E-state index in [4.69, 9.17) is 12.2 Å². The van der Waals surface area contributed by atoms with Crippen molar-refractivity contribution in [2.24, 2.45) is 7.05 Å². The number of hydrogen-bond acceptors (Lipinski definition) is 2. The predicted octanol–water partition coefficient (Wildman–Crippen LogP) is 0.786. The van der Waals surface area contributed by atoms with Crippen molar-refractivity contribution in [2.75, 3.05) is 0 Å². The number of rotatable bonds is 0. The molecule has 0 spiro atoms. The zero-order valence-electron chi connectivity index (χ0n) is 4.80. The van der Waals surface area contributed by atoms with E-state index in [-0.39, 0.29) is 0 Å². The average molecular weight is 129 g/mol. The summed E-state index contributed by atoms with van der Waals surface area (Å²) in [5.74, 6) is 0. The van der Waals surface area contributed by atoms with Gasteiger partial charge in [-0.15, -0.1) is 0 Å². The van der Waals surface area contributed by atoms with Gasteiger partial charge in [0.2, 0.25) is 0 Å². The summed E-state index contributed by atoms with van der Waals surface area (Å²) in [6.07, 6.45) is 0. The summed E-state index contributed by atoms with van der Waals surface area (Å²) in [4.78, 5) is 0. The average Bonchev–Trinajstić information content (AvgIpc) is 1.98. The van der Waals surface area contributed by atoms with E-state index in [2.05, 4.69) is 10.3 Å². The smallest absolute Gasteiger partial charge is 0.144 e. The third-order valence-electron chi connectivity index (χ3n) is 0.982. The molecule has 0 saturated heterocycles. The minimum absolute atomic E-state index is 0.769. The van der Waals surface area contributed by atoms with Crippen LogP contribution in [-0.4, -0.2) is 15.0 Å². The third-order valence-corrected chi connectivity index (χ3v) is 1.55. The number of aromatic amines is 1. The predicted molar refractivity (Wildman–Crippen MR) is 33.1 cm³/mol. The Bertz CT molecular complexity index is 211. The second-order valence-corrected chi connectivity index (χ2v) is 2.05. The molecule has 1 N–H and O–H groups in total. The minimum Gasteiger partial charge on any atom is -0.263 e. The fourth-order valence-electron chi connectivity index (χ4n) is 0.486. The molecule has 0 aromatic carbocycles. The lowest BCUT2D eigenvalue weighted by atomic mass is 10.6. The van der Waals surface area contributed by atoms with E-state index >= 15 is 0 Å². The second-order valence-electron chi connectivity index (χ2n) is 1.66. The van der Waals surface area contributed by atoms with Gasteiger partial charge in [0.1, 0.15) is 4.64 Å². The Morgan fingerprint density at radius 2 is 2.38 bits per heavy atom. The van der Waals surface area contributed by atoms with Crippen molar-refractivity contribution < 1.29 is 0 Å². The molecule has 1 aromatic heterocycles. The lowest BCUT2D eigenvalue weighted by Crippen LogP contribution is -1.88. The second kappa shape index (κ2) is 1.70. The lowest BCUT2D eigenvalue weighted by Gasteiger charge is -1.81. The van der Waals surface area contributed by atoms with Crippen LogP contribution in [0.2, 0.25) is 0 Å². The maximum absolute atomic E-state index is 4.90. The molecule has 0 unspecified atom stereocenters. The molecule has 1 aromatic rings. The van der Waals surface area contributed by atoms with Crippen LogP contribution in [0.1, 0.15) is 5.69 Å². The molecule has 0 radical (unpaired) electrons.